The van der Waals surface area contributed by atoms with E-state index in [2.05, 4.69) is 0 Å². The second-order valence-electron chi connectivity index (χ2n) is 8.32. The van der Waals surface area contributed by atoms with Crippen molar-refractivity contribution in [1.29, 1.82) is 0 Å². The predicted molar refractivity (Wildman–Crippen MR) is 131 cm³/mol. The zero-order valence-electron chi connectivity index (χ0n) is 18.8. The molecule has 4 nitrogen and oxygen atoms in total. The van der Waals surface area contributed by atoms with Crippen molar-refractivity contribution < 1.29 is 13.9 Å². The van der Waals surface area contributed by atoms with Crippen LogP contribution in [-0.2, 0) is 6.54 Å². The van der Waals surface area contributed by atoms with Crippen molar-refractivity contribution in [2.45, 2.75) is 18.6 Å². The lowest BCUT2D eigenvalue weighted by Gasteiger charge is -2.29. The van der Waals surface area contributed by atoms with E-state index in [0.717, 1.165) is 28.1 Å². The number of urea groups is 1. The maximum Gasteiger partial charge on any atom is 0.326 e. The Balaban J connectivity index is 1.66. The Bertz CT molecular complexity index is 1250. The molecule has 1 aliphatic rings. The van der Waals surface area contributed by atoms with Crippen molar-refractivity contribution in [3.05, 3.63) is 132 Å². The summed E-state index contributed by atoms with van der Waals surface area (Å²) in [5, 5.41) is 0. The Hall–Kier alpha value is -4.12. The number of methoxy groups -OCH3 is 1. The Morgan fingerprint density at radius 1 is 0.735 bits per heavy atom. The molecule has 0 radical (unpaired) electrons. The Morgan fingerprint density at radius 3 is 1.94 bits per heavy atom. The summed E-state index contributed by atoms with van der Waals surface area (Å²) in [6, 6.07) is 33.2. The van der Waals surface area contributed by atoms with Crippen LogP contribution >= 0.6 is 0 Å². The summed E-state index contributed by atoms with van der Waals surface area (Å²) in [7, 11) is 1.62. The average molecular weight is 453 g/mol. The molecule has 0 unspecified atom stereocenters. The third-order valence-corrected chi connectivity index (χ3v) is 6.26. The van der Waals surface area contributed by atoms with Crippen LogP contribution in [0.3, 0.4) is 0 Å². The Morgan fingerprint density at radius 2 is 1.32 bits per heavy atom. The average Bonchev–Trinajstić information content (AvgIpc) is 3.17. The molecular formula is C29H25FN2O2. The first-order chi connectivity index (χ1) is 16.7. The number of nitrogens with zero attached hydrogens (tertiary/aromatic N) is 2. The summed E-state index contributed by atoms with van der Waals surface area (Å²) in [4.78, 5) is 17.8. The van der Waals surface area contributed by atoms with E-state index in [1.54, 1.807) is 19.2 Å². The second kappa shape index (κ2) is 9.40. The molecule has 4 aromatic carbocycles. The number of hydrogen-bond acceptors (Lipinski definition) is 2. The first kappa shape index (κ1) is 21.7. The highest BCUT2D eigenvalue weighted by atomic mass is 19.1. The molecule has 0 aliphatic carbocycles. The second-order valence-corrected chi connectivity index (χ2v) is 8.32. The molecule has 5 rings (SSSR count). The molecule has 1 aliphatic heterocycles. The number of benzene rings is 4. The fourth-order valence-electron chi connectivity index (χ4n) is 4.65. The summed E-state index contributed by atoms with van der Waals surface area (Å²) in [5.74, 6) is 0.413. The maximum atomic E-state index is 14.0. The largest absolute Gasteiger partial charge is 0.497 e. The number of amides is 2. The summed E-state index contributed by atoms with van der Waals surface area (Å²) < 4.78 is 19.2. The Labute approximate surface area is 198 Å². The molecule has 1 heterocycles. The van der Waals surface area contributed by atoms with Gasteiger partial charge in [0.1, 0.15) is 11.6 Å². The number of carbonyl (C=O) groups is 1. The SMILES string of the molecule is COc1ccc(N2C(=O)N(Cc3ccccc3)[C@H](c3ccccc3)[C@H]2c2ccc(F)cc2)cc1. The van der Waals surface area contributed by atoms with Gasteiger partial charge < -0.3 is 9.64 Å². The highest BCUT2D eigenvalue weighted by Crippen LogP contribution is 2.48. The molecule has 4 aromatic rings. The van der Waals surface area contributed by atoms with Crippen molar-refractivity contribution in [3.8, 4) is 5.75 Å². The quantitative estimate of drug-likeness (QED) is 0.324. The first-order valence-electron chi connectivity index (χ1n) is 11.2. The fraction of sp³-hybridized carbons (Fsp3) is 0.138. The molecule has 0 saturated carbocycles. The van der Waals surface area contributed by atoms with E-state index in [9.17, 15) is 9.18 Å². The van der Waals surface area contributed by atoms with Gasteiger partial charge in [0, 0.05) is 12.2 Å². The minimum absolute atomic E-state index is 0.0998. The van der Waals surface area contributed by atoms with Gasteiger partial charge in [-0.05, 0) is 53.1 Å². The number of carbonyl (C=O) groups excluding carboxylic acids is 1. The lowest BCUT2D eigenvalue weighted by atomic mass is 9.92. The summed E-state index contributed by atoms with van der Waals surface area (Å²) >= 11 is 0. The highest BCUT2D eigenvalue weighted by Gasteiger charge is 2.47. The Kier molecular flexibility index (Phi) is 6.00. The third-order valence-electron chi connectivity index (χ3n) is 6.26. The molecule has 170 valence electrons. The minimum Gasteiger partial charge on any atom is -0.497 e. The van der Waals surface area contributed by atoms with Gasteiger partial charge in [-0.25, -0.2) is 9.18 Å². The summed E-state index contributed by atoms with van der Waals surface area (Å²) in [6.45, 7) is 0.462. The lowest BCUT2D eigenvalue weighted by molar-refractivity contribution is 0.199. The van der Waals surface area contributed by atoms with Gasteiger partial charge in [-0.15, -0.1) is 0 Å². The number of hydrogen-bond donors (Lipinski definition) is 0. The number of rotatable bonds is 6. The van der Waals surface area contributed by atoms with Gasteiger partial charge in [-0.2, -0.15) is 0 Å². The van der Waals surface area contributed by atoms with Gasteiger partial charge in [-0.1, -0.05) is 72.8 Å². The van der Waals surface area contributed by atoms with Gasteiger partial charge in [-0.3, -0.25) is 4.90 Å². The van der Waals surface area contributed by atoms with E-state index in [1.807, 2.05) is 94.7 Å². The van der Waals surface area contributed by atoms with Crippen molar-refractivity contribution in [2.24, 2.45) is 0 Å². The van der Waals surface area contributed by atoms with E-state index >= 15 is 0 Å². The van der Waals surface area contributed by atoms with Crippen LogP contribution < -0.4 is 9.64 Å². The number of anilines is 1. The maximum absolute atomic E-state index is 14.0. The topological polar surface area (TPSA) is 32.8 Å². The van der Waals surface area contributed by atoms with Crippen molar-refractivity contribution >= 4 is 11.7 Å². The van der Waals surface area contributed by atoms with Crippen LogP contribution in [0.5, 0.6) is 5.75 Å². The van der Waals surface area contributed by atoms with Crippen molar-refractivity contribution in [2.75, 3.05) is 12.0 Å². The van der Waals surface area contributed by atoms with Crippen molar-refractivity contribution in [3.63, 3.8) is 0 Å². The standard InChI is InChI=1S/C29H25FN2O2/c1-34-26-18-16-25(17-19-26)32-28(23-12-14-24(30)15-13-23)27(22-10-6-3-7-11-22)31(29(32)33)20-21-8-4-2-5-9-21/h2-19,27-28H,20H2,1H3/t27-,28-/m1/s1. The molecule has 1 fully saturated rings. The highest BCUT2D eigenvalue weighted by molar-refractivity contribution is 5.96. The molecule has 0 bridgehead atoms. The monoisotopic (exact) mass is 452 g/mol. The van der Waals surface area contributed by atoms with Crippen LogP contribution in [0.2, 0.25) is 0 Å². The van der Waals surface area contributed by atoms with Gasteiger partial charge in [0.2, 0.25) is 0 Å². The van der Waals surface area contributed by atoms with E-state index in [4.69, 9.17) is 4.74 Å². The molecule has 5 heteroatoms. The molecule has 0 spiro atoms. The van der Waals surface area contributed by atoms with Crippen LogP contribution in [0.15, 0.2) is 109 Å². The van der Waals surface area contributed by atoms with Crippen molar-refractivity contribution in [1.82, 2.24) is 4.90 Å². The number of halogens is 1. The predicted octanol–water partition coefficient (Wildman–Crippen LogP) is 6.76. The van der Waals surface area contributed by atoms with E-state index in [0.29, 0.717) is 6.54 Å². The van der Waals surface area contributed by atoms with Crippen LogP contribution in [0.25, 0.3) is 0 Å². The normalized spacial score (nSPS) is 17.8. The van der Waals surface area contributed by atoms with Gasteiger partial charge in [0.05, 0.1) is 19.2 Å². The third kappa shape index (κ3) is 4.13. The van der Waals surface area contributed by atoms with E-state index in [1.165, 1.54) is 12.1 Å². The smallest absolute Gasteiger partial charge is 0.326 e. The molecule has 34 heavy (non-hydrogen) atoms. The molecule has 0 aromatic heterocycles. The minimum atomic E-state index is -0.340. The van der Waals surface area contributed by atoms with E-state index < -0.39 is 0 Å². The first-order valence-corrected chi connectivity index (χ1v) is 11.2. The lowest BCUT2D eigenvalue weighted by Crippen LogP contribution is -2.32. The molecule has 1 saturated heterocycles. The summed E-state index contributed by atoms with van der Waals surface area (Å²) in [5.41, 5.74) is 3.70. The summed E-state index contributed by atoms with van der Waals surface area (Å²) in [6.07, 6.45) is 0. The fourth-order valence-corrected chi connectivity index (χ4v) is 4.65. The van der Waals surface area contributed by atoms with Gasteiger partial charge in [0.15, 0.2) is 0 Å². The van der Waals surface area contributed by atoms with Crippen LogP contribution in [-0.4, -0.2) is 18.0 Å². The molecule has 0 N–H and O–H groups in total. The van der Waals surface area contributed by atoms with Gasteiger partial charge >= 0.3 is 6.03 Å². The van der Waals surface area contributed by atoms with Crippen LogP contribution in [0.4, 0.5) is 14.9 Å². The number of ether oxygens (including phenoxy) is 1. The van der Waals surface area contributed by atoms with Crippen LogP contribution in [0, 0.1) is 5.82 Å². The zero-order chi connectivity index (χ0) is 23.5. The van der Waals surface area contributed by atoms with Crippen LogP contribution in [0.1, 0.15) is 28.8 Å². The van der Waals surface area contributed by atoms with Gasteiger partial charge in [0.25, 0.3) is 0 Å². The molecular weight excluding hydrogens is 427 g/mol. The zero-order valence-corrected chi connectivity index (χ0v) is 18.8. The molecule has 2 atom stereocenters. The van der Waals surface area contributed by atoms with E-state index in [-0.39, 0.29) is 23.9 Å². The molecule has 2 amide bonds.